The zero-order chi connectivity index (χ0) is 16.4. The van der Waals surface area contributed by atoms with Gasteiger partial charge < -0.3 is 5.32 Å². The van der Waals surface area contributed by atoms with Gasteiger partial charge >= 0.3 is 0 Å². The van der Waals surface area contributed by atoms with Gasteiger partial charge in [0.15, 0.2) is 0 Å². The van der Waals surface area contributed by atoms with Crippen LogP contribution in [-0.4, -0.2) is 27.4 Å². The highest BCUT2D eigenvalue weighted by Gasteiger charge is 2.12. The Morgan fingerprint density at radius 2 is 1.50 bits per heavy atom. The summed E-state index contributed by atoms with van der Waals surface area (Å²) in [6, 6.07) is 6.84. The number of nitrogens with one attached hydrogen (secondary N) is 2. The third kappa shape index (κ3) is 7.56. The van der Waals surface area contributed by atoms with Gasteiger partial charge in [0.2, 0.25) is 15.9 Å². The van der Waals surface area contributed by atoms with Crippen LogP contribution in [0.25, 0.3) is 0 Å². The molecule has 1 aromatic rings. The number of rotatable bonds is 10. The van der Waals surface area contributed by atoms with Crippen molar-refractivity contribution in [1.29, 1.82) is 0 Å². The van der Waals surface area contributed by atoms with E-state index < -0.39 is 10.0 Å². The molecular formula is C16H26N2O3S. The molecule has 0 aliphatic carbocycles. The SMILES string of the molecule is CC(=O)NCCCCCCCNS(=O)(=O)c1ccc(C)cc1. The van der Waals surface area contributed by atoms with E-state index in [-0.39, 0.29) is 5.91 Å². The summed E-state index contributed by atoms with van der Waals surface area (Å²) in [5.74, 6) is 0.00510. The topological polar surface area (TPSA) is 75.3 Å². The number of unbranched alkanes of at least 4 members (excludes halogenated alkanes) is 4. The van der Waals surface area contributed by atoms with E-state index in [1.54, 1.807) is 24.3 Å². The second-order valence-electron chi connectivity index (χ2n) is 5.46. The number of sulfonamides is 1. The Bertz CT molecular complexity index is 553. The third-order valence-corrected chi connectivity index (χ3v) is 4.83. The van der Waals surface area contributed by atoms with Crippen molar-refractivity contribution in [2.75, 3.05) is 13.1 Å². The lowest BCUT2D eigenvalue weighted by Crippen LogP contribution is -2.24. The molecular weight excluding hydrogens is 300 g/mol. The lowest BCUT2D eigenvalue weighted by atomic mass is 10.1. The summed E-state index contributed by atoms with van der Waals surface area (Å²) in [6.45, 7) is 4.62. The van der Waals surface area contributed by atoms with Gasteiger partial charge in [0.05, 0.1) is 4.90 Å². The molecule has 0 bridgehead atoms. The summed E-state index contributed by atoms with van der Waals surface area (Å²) in [7, 11) is -3.39. The molecule has 0 aliphatic heterocycles. The van der Waals surface area contributed by atoms with E-state index in [1.165, 1.54) is 6.92 Å². The molecule has 1 amide bonds. The first kappa shape index (κ1) is 18.6. The Kier molecular flexibility index (Phi) is 8.12. The zero-order valence-corrected chi connectivity index (χ0v) is 14.2. The first-order valence-electron chi connectivity index (χ1n) is 7.72. The van der Waals surface area contributed by atoms with Gasteiger partial charge in [-0.1, -0.05) is 37.0 Å². The highest BCUT2D eigenvalue weighted by Crippen LogP contribution is 2.10. The predicted molar refractivity (Wildman–Crippen MR) is 88.1 cm³/mol. The van der Waals surface area contributed by atoms with E-state index in [4.69, 9.17) is 0 Å². The Balaban J connectivity index is 2.13. The van der Waals surface area contributed by atoms with Gasteiger partial charge in [-0.15, -0.1) is 0 Å². The maximum absolute atomic E-state index is 12.0. The van der Waals surface area contributed by atoms with Crippen LogP contribution >= 0.6 is 0 Å². The van der Waals surface area contributed by atoms with E-state index in [2.05, 4.69) is 10.0 Å². The van der Waals surface area contributed by atoms with E-state index in [0.717, 1.165) is 44.2 Å². The molecule has 124 valence electrons. The van der Waals surface area contributed by atoms with Crippen LogP contribution < -0.4 is 10.0 Å². The molecule has 22 heavy (non-hydrogen) atoms. The highest BCUT2D eigenvalue weighted by atomic mass is 32.2. The van der Waals surface area contributed by atoms with Crippen LogP contribution in [0.4, 0.5) is 0 Å². The van der Waals surface area contributed by atoms with Gasteiger partial charge in [0.1, 0.15) is 0 Å². The molecule has 0 aromatic heterocycles. The molecule has 0 spiro atoms. The van der Waals surface area contributed by atoms with Crippen LogP contribution in [0.2, 0.25) is 0 Å². The number of aryl methyl sites for hydroxylation is 1. The van der Waals surface area contributed by atoms with Crippen LogP contribution in [0.3, 0.4) is 0 Å². The average molecular weight is 326 g/mol. The van der Waals surface area contributed by atoms with Crippen LogP contribution in [0.15, 0.2) is 29.2 Å². The summed E-state index contributed by atoms with van der Waals surface area (Å²) >= 11 is 0. The van der Waals surface area contributed by atoms with Crippen molar-refractivity contribution in [2.24, 2.45) is 0 Å². The van der Waals surface area contributed by atoms with E-state index >= 15 is 0 Å². The van der Waals surface area contributed by atoms with E-state index in [1.807, 2.05) is 6.92 Å². The monoisotopic (exact) mass is 326 g/mol. The van der Waals surface area contributed by atoms with Crippen molar-refractivity contribution in [3.63, 3.8) is 0 Å². The van der Waals surface area contributed by atoms with Crippen LogP contribution in [0.1, 0.15) is 44.6 Å². The smallest absolute Gasteiger partial charge is 0.240 e. The van der Waals surface area contributed by atoms with E-state index in [0.29, 0.717) is 11.4 Å². The fraction of sp³-hybridized carbons (Fsp3) is 0.562. The van der Waals surface area contributed by atoms with Gasteiger partial charge in [0.25, 0.3) is 0 Å². The summed E-state index contributed by atoms with van der Waals surface area (Å²) in [5.41, 5.74) is 1.04. The van der Waals surface area contributed by atoms with Crippen molar-refractivity contribution in [3.8, 4) is 0 Å². The number of carbonyl (C=O) groups excluding carboxylic acids is 1. The molecule has 1 rings (SSSR count). The van der Waals surface area contributed by atoms with Gasteiger partial charge in [-0.25, -0.2) is 13.1 Å². The van der Waals surface area contributed by atoms with Crippen molar-refractivity contribution >= 4 is 15.9 Å². The normalized spacial score (nSPS) is 11.4. The Morgan fingerprint density at radius 1 is 0.955 bits per heavy atom. The number of hydrogen-bond acceptors (Lipinski definition) is 3. The molecule has 0 fully saturated rings. The molecule has 0 aliphatic rings. The largest absolute Gasteiger partial charge is 0.356 e. The van der Waals surface area contributed by atoms with Gasteiger partial charge in [-0.2, -0.15) is 0 Å². The van der Waals surface area contributed by atoms with Crippen LogP contribution in [-0.2, 0) is 14.8 Å². The minimum atomic E-state index is -3.39. The van der Waals surface area contributed by atoms with Crippen molar-refractivity contribution < 1.29 is 13.2 Å². The molecule has 0 saturated carbocycles. The number of benzene rings is 1. The molecule has 0 atom stereocenters. The fourth-order valence-electron chi connectivity index (χ4n) is 2.05. The quantitative estimate of drug-likeness (QED) is 0.648. The lowest BCUT2D eigenvalue weighted by molar-refractivity contribution is -0.118. The molecule has 0 radical (unpaired) electrons. The summed E-state index contributed by atoms with van der Waals surface area (Å²) in [6.07, 6.45) is 4.87. The molecule has 2 N–H and O–H groups in total. The first-order valence-corrected chi connectivity index (χ1v) is 9.21. The van der Waals surface area contributed by atoms with Crippen molar-refractivity contribution in [3.05, 3.63) is 29.8 Å². The standard InChI is InChI=1S/C16H26N2O3S/c1-14-8-10-16(11-9-14)22(20,21)18-13-7-5-3-4-6-12-17-15(2)19/h8-11,18H,3-7,12-13H2,1-2H3,(H,17,19). The minimum Gasteiger partial charge on any atom is -0.356 e. The third-order valence-electron chi connectivity index (χ3n) is 3.35. The van der Waals surface area contributed by atoms with E-state index in [9.17, 15) is 13.2 Å². The van der Waals surface area contributed by atoms with Crippen LogP contribution in [0, 0.1) is 6.92 Å². The molecule has 0 heterocycles. The maximum atomic E-state index is 12.0. The summed E-state index contributed by atoms with van der Waals surface area (Å²) in [5, 5.41) is 2.76. The molecule has 0 saturated heterocycles. The average Bonchev–Trinajstić information content (AvgIpc) is 2.45. The Morgan fingerprint density at radius 3 is 2.09 bits per heavy atom. The number of hydrogen-bond donors (Lipinski definition) is 2. The second kappa shape index (κ2) is 9.58. The highest BCUT2D eigenvalue weighted by molar-refractivity contribution is 7.89. The van der Waals surface area contributed by atoms with Gasteiger partial charge in [0, 0.05) is 20.0 Å². The molecule has 6 heteroatoms. The van der Waals surface area contributed by atoms with Crippen molar-refractivity contribution in [1.82, 2.24) is 10.0 Å². The molecule has 5 nitrogen and oxygen atoms in total. The van der Waals surface area contributed by atoms with Gasteiger partial charge in [-0.05, 0) is 31.9 Å². The number of amides is 1. The van der Waals surface area contributed by atoms with Crippen molar-refractivity contribution in [2.45, 2.75) is 50.8 Å². The zero-order valence-electron chi connectivity index (χ0n) is 13.4. The fourth-order valence-corrected chi connectivity index (χ4v) is 3.13. The summed E-state index contributed by atoms with van der Waals surface area (Å²) in [4.78, 5) is 11.0. The van der Waals surface area contributed by atoms with Gasteiger partial charge in [-0.3, -0.25) is 4.79 Å². The van der Waals surface area contributed by atoms with Crippen LogP contribution in [0.5, 0.6) is 0 Å². The predicted octanol–water partition coefficient (Wildman–Crippen LogP) is 2.36. The first-order chi connectivity index (χ1) is 10.4. The lowest BCUT2D eigenvalue weighted by Gasteiger charge is -2.07. The maximum Gasteiger partial charge on any atom is 0.240 e. The Labute approximate surface area is 133 Å². The molecule has 0 unspecified atom stereocenters. The molecule has 1 aromatic carbocycles. The second-order valence-corrected chi connectivity index (χ2v) is 7.23. The summed E-state index contributed by atoms with van der Waals surface area (Å²) < 4.78 is 26.7. The number of carbonyl (C=O) groups is 1. The Hall–Kier alpha value is -1.40. The minimum absolute atomic E-state index is 0.00510.